The number of thioether (sulfide) groups is 1. The third-order valence-electron chi connectivity index (χ3n) is 5.21. The number of carbonyl (C=O) groups is 1. The van der Waals surface area contributed by atoms with Gasteiger partial charge >= 0.3 is 0 Å². The van der Waals surface area contributed by atoms with Crippen LogP contribution >= 0.6 is 11.8 Å². The zero-order valence-corrected chi connectivity index (χ0v) is 16.1. The first-order chi connectivity index (χ1) is 12.7. The van der Waals surface area contributed by atoms with Crippen molar-refractivity contribution in [2.45, 2.75) is 50.2 Å². The maximum Gasteiger partial charge on any atom is 0.233 e. The number of piperidine rings is 1. The van der Waals surface area contributed by atoms with Crippen molar-refractivity contribution in [3.05, 3.63) is 41.7 Å². The van der Waals surface area contributed by atoms with Crippen LogP contribution in [0.2, 0.25) is 0 Å². The maximum atomic E-state index is 12.6. The van der Waals surface area contributed by atoms with Crippen LogP contribution < -0.4 is 0 Å². The van der Waals surface area contributed by atoms with Crippen LogP contribution in [0.5, 0.6) is 0 Å². The normalized spacial score (nSPS) is 20.3. The first-order valence-corrected chi connectivity index (χ1v) is 10.6. The summed E-state index contributed by atoms with van der Waals surface area (Å²) in [6, 6.07) is 10.4. The minimum absolute atomic E-state index is 0.226. The first-order valence-electron chi connectivity index (χ1n) is 9.58. The Morgan fingerprint density at radius 2 is 2.00 bits per heavy atom. The largest absolute Gasteiger partial charge is 0.342 e. The quantitative estimate of drug-likeness (QED) is 0.730. The Balaban J connectivity index is 1.45. The Kier molecular flexibility index (Phi) is 5.29. The van der Waals surface area contributed by atoms with Gasteiger partial charge in [0.1, 0.15) is 5.82 Å². The smallest absolute Gasteiger partial charge is 0.233 e. The van der Waals surface area contributed by atoms with Crippen molar-refractivity contribution >= 4 is 17.7 Å². The lowest BCUT2D eigenvalue weighted by Crippen LogP contribution is -2.40. The van der Waals surface area contributed by atoms with Crippen LogP contribution in [0.4, 0.5) is 0 Å². The number of rotatable bonds is 6. The molecule has 2 aromatic rings. The maximum absolute atomic E-state index is 12.6. The zero-order valence-electron chi connectivity index (χ0n) is 15.3. The summed E-state index contributed by atoms with van der Waals surface area (Å²) in [5, 5.41) is 9.72. The van der Waals surface area contributed by atoms with E-state index in [4.69, 9.17) is 0 Å². The Morgan fingerprint density at radius 3 is 2.73 bits per heavy atom. The second-order valence-electron chi connectivity index (χ2n) is 7.56. The Bertz CT molecular complexity index is 756. The van der Waals surface area contributed by atoms with E-state index >= 15 is 0 Å². The number of nitrogens with zero attached hydrogens (tertiary/aromatic N) is 4. The third-order valence-corrected chi connectivity index (χ3v) is 6.16. The lowest BCUT2D eigenvalue weighted by atomic mass is 10.0. The van der Waals surface area contributed by atoms with Gasteiger partial charge in [-0.2, -0.15) is 0 Å². The van der Waals surface area contributed by atoms with Crippen molar-refractivity contribution in [1.29, 1.82) is 0 Å². The van der Waals surface area contributed by atoms with Crippen LogP contribution in [0.1, 0.15) is 49.9 Å². The molecule has 4 rings (SSSR count). The zero-order chi connectivity index (χ0) is 17.9. The van der Waals surface area contributed by atoms with Crippen LogP contribution in [0, 0.1) is 5.92 Å². The molecule has 0 spiro atoms. The topological polar surface area (TPSA) is 51.0 Å². The molecular formula is C20H26N4OS. The highest BCUT2D eigenvalue weighted by atomic mass is 32.2. The molecule has 0 bridgehead atoms. The molecule has 26 heavy (non-hydrogen) atoms. The molecule has 5 nitrogen and oxygen atoms in total. The summed E-state index contributed by atoms with van der Waals surface area (Å²) in [4.78, 5) is 14.6. The number of aromatic nitrogens is 3. The second kappa shape index (κ2) is 7.82. The molecule has 138 valence electrons. The number of likely N-dealkylation sites (tertiary alicyclic amines) is 1. The molecule has 2 fully saturated rings. The molecule has 1 amide bonds. The predicted molar refractivity (Wildman–Crippen MR) is 103 cm³/mol. The molecule has 6 heteroatoms. The van der Waals surface area contributed by atoms with E-state index in [0.717, 1.165) is 37.0 Å². The predicted octanol–water partition coefficient (Wildman–Crippen LogP) is 3.55. The highest BCUT2D eigenvalue weighted by molar-refractivity contribution is 7.99. The number of hydrogen-bond acceptors (Lipinski definition) is 4. The molecule has 2 heterocycles. The van der Waals surface area contributed by atoms with Crippen molar-refractivity contribution in [1.82, 2.24) is 19.7 Å². The Morgan fingerprint density at radius 1 is 1.19 bits per heavy atom. The molecule has 1 saturated carbocycles. The Labute approximate surface area is 159 Å². The molecule has 1 aliphatic carbocycles. The van der Waals surface area contributed by atoms with Crippen LogP contribution in [0.15, 0.2) is 35.5 Å². The summed E-state index contributed by atoms with van der Waals surface area (Å²) < 4.78 is 2.21. The van der Waals surface area contributed by atoms with Gasteiger partial charge in [-0.1, -0.05) is 49.0 Å². The molecule has 1 aromatic carbocycles. The minimum Gasteiger partial charge on any atom is -0.342 e. The van der Waals surface area contributed by atoms with E-state index in [1.807, 2.05) is 11.0 Å². The number of hydrogen-bond donors (Lipinski definition) is 0. The minimum atomic E-state index is 0.226. The molecule has 1 atom stereocenters. The summed E-state index contributed by atoms with van der Waals surface area (Å²) in [5.74, 6) is 2.91. The van der Waals surface area contributed by atoms with E-state index in [9.17, 15) is 4.79 Å². The van der Waals surface area contributed by atoms with Gasteiger partial charge in [-0.3, -0.25) is 4.79 Å². The first kappa shape index (κ1) is 17.6. The van der Waals surface area contributed by atoms with E-state index in [1.54, 1.807) is 0 Å². The van der Waals surface area contributed by atoms with E-state index < -0.39 is 0 Å². The van der Waals surface area contributed by atoms with Gasteiger partial charge in [0.2, 0.25) is 5.91 Å². The van der Waals surface area contributed by atoms with Crippen molar-refractivity contribution in [3.63, 3.8) is 0 Å². The molecule has 2 aliphatic rings. The van der Waals surface area contributed by atoms with Crippen LogP contribution in [-0.4, -0.2) is 44.4 Å². The van der Waals surface area contributed by atoms with Crippen molar-refractivity contribution in [3.8, 4) is 0 Å². The average Bonchev–Trinajstić information content (AvgIpc) is 3.43. The standard InChI is InChI=1S/C20H26N4OS/c1-15-6-5-11-23(12-15)18(25)14-26-20-22-21-19(17-9-10-17)24(20)13-16-7-3-2-4-8-16/h2-4,7-8,15,17H,5-6,9-14H2,1H3. The molecular weight excluding hydrogens is 344 g/mol. The summed E-state index contributed by atoms with van der Waals surface area (Å²) >= 11 is 1.53. The summed E-state index contributed by atoms with van der Waals surface area (Å²) in [6.07, 6.45) is 4.74. The van der Waals surface area contributed by atoms with Crippen LogP contribution in [0.25, 0.3) is 0 Å². The SMILES string of the molecule is CC1CCCN(C(=O)CSc2nnc(C3CC3)n2Cc2ccccc2)C1. The summed E-state index contributed by atoms with van der Waals surface area (Å²) in [5.41, 5.74) is 1.24. The van der Waals surface area contributed by atoms with Gasteiger partial charge in [-0.05, 0) is 37.2 Å². The van der Waals surface area contributed by atoms with E-state index in [2.05, 4.69) is 46.0 Å². The molecule has 1 saturated heterocycles. The van der Waals surface area contributed by atoms with E-state index in [-0.39, 0.29) is 5.91 Å². The van der Waals surface area contributed by atoms with E-state index in [1.165, 1.54) is 36.6 Å². The lowest BCUT2D eigenvalue weighted by molar-refractivity contribution is -0.130. The average molecular weight is 371 g/mol. The fraction of sp³-hybridized carbons (Fsp3) is 0.550. The molecule has 0 radical (unpaired) electrons. The van der Waals surface area contributed by atoms with Gasteiger partial charge < -0.3 is 9.47 Å². The fourth-order valence-electron chi connectivity index (χ4n) is 3.60. The monoisotopic (exact) mass is 370 g/mol. The van der Waals surface area contributed by atoms with Gasteiger partial charge in [-0.15, -0.1) is 10.2 Å². The summed E-state index contributed by atoms with van der Waals surface area (Å²) in [7, 11) is 0. The lowest BCUT2D eigenvalue weighted by Gasteiger charge is -2.30. The fourth-order valence-corrected chi connectivity index (χ4v) is 4.45. The molecule has 1 aromatic heterocycles. The van der Waals surface area contributed by atoms with Crippen molar-refractivity contribution in [2.75, 3.05) is 18.8 Å². The third kappa shape index (κ3) is 4.11. The highest BCUT2D eigenvalue weighted by Gasteiger charge is 2.31. The van der Waals surface area contributed by atoms with Gasteiger partial charge in [0.05, 0.1) is 12.3 Å². The van der Waals surface area contributed by atoms with Gasteiger partial charge in [0.15, 0.2) is 5.16 Å². The van der Waals surface area contributed by atoms with Gasteiger partial charge in [0.25, 0.3) is 0 Å². The van der Waals surface area contributed by atoms with Crippen molar-refractivity contribution < 1.29 is 4.79 Å². The highest BCUT2D eigenvalue weighted by Crippen LogP contribution is 2.40. The molecule has 1 unspecified atom stereocenters. The number of amides is 1. The molecule has 0 N–H and O–H groups in total. The number of carbonyl (C=O) groups excluding carboxylic acids is 1. The van der Waals surface area contributed by atoms with Crippen LogP contribution in [-0.2, 0) is 11.3 Å². The Hall–Kier alpha value is -1.82. The molecule has 1 aliphatic heterocycles. The van der Waals surface area contributed by atoms with Gasteiger partial charge in [-0.25, -0.2) is 0 Å². The second-order valence-corrected chi connectivity index (χ2v) is 8.51. The van der Waals surface area contributed by atoms with Crippen LogP contribution in [0.3, 0.4) is 0 Å². The number of benzene rings is 1. The van der Waals surface area contributed by atoms with Gasteiger partial charge in [0, 0.05) is 19.0 Å². The summed E-state index contributed by atoms with van der Waals surface area (Å²) in [6.45, 7) is 4.79. The van der Waals surface area contributed by atoms with E-state index in [0.29, 0.717) is 17.6 Å². The van der Waals surface area contributed by atoms with Crippen molar-refractivity contribution in [2.24, 2.45) is 5.92 Å².